The van der Waals surface area contributed by atoms with Crippen molar-refractivity contribution in [3.63, 3.8) is 0 Å². The quantitative estimate of drug-likeness (QED) is 0.771. The summed E-state index contributed by atoms with van der Waals surface area (Å²) in [6, 6.07) is 4.27. The molecule has 14 heavy (non-hydrogen) atoms. The summed E-state index contributed by atoms with van der Waals surface area (Å²) < 4.78 is 0. The number of rotatable bonds is 2. The molecular formula is C12H18N2. The number of nitrogens with zero attached hydrogens (tertiary/aromatic N) is 1. The average Bonchev–Trinajstić information content (AvgIpc) is 2.48. The zero-order valence-electron chi connectivity index (χ0n) is 8.58. The van der Waals surface area contributed by atoms with Gasteiger partial charge >= 0.3 is 0 Å². The molecule has 1 aliphatic rings. The minimum absolute atomic E-state index is 0.868. The normalized spacial score (nSPS) is 23.0. The third-order valence-corrected chi connectivity index (χ3v) is 2.97. The topological polar surface area (TPSA) is 24.9 Å². The van der Waals surface area contributed by atoms with E-state index < -0.39 is 0 Å². The van der Waals surface area contributed by atoms with E-state index >= 15 is 0 Å². The van der Waals surface area contributed by atoms with Gasteiger partial charge in [-0.05, 0) is 62.4 Å². The highest BCUT2D eigenvalue weighted by Gasteiger charge is 2.11. The molecule has 2 nitrogen and oxygen atoms in total. The Kier molecular flexibility index (Phi) is 3.52. The Balaban J connectivity index is 1.90. The minimum atomic E-state index is 0.868. The van der Waals surface area contributed by atoms with Crippen molar-refractivity contribution in [3.8, 4) is 0 Å². The fraction of sp³-hybridized carbons (Fsp3) is 0.583. The van der Waals surface area contributed by atoms with Crippen LogP contribution in [-0.2, 0) is 6.42 Å². The summed E-state index contributed by atoms with van der Waals surface area (Å²) in [5.74, 6) is 0.868. The van der Waals surface area contributed by atoms with Crippen molar-refractivity contribution >= 4 is 0 Å². The summed E-state index contributed by atoms with van der Waals surface area (Å²) in [7, 11) is 0. The smallest absolute Gasteiger partial charge is 0.0270 e. The van der Waals surface area contributed by atoms with Crippen LogP contribution >= 0.6 is 0 Å². The fourth-order valence-electron chi connectivity index (χ4n) is 2.15. The third-order valence-electron chi connectivity index (χ3n) is 2.97. The van der Waals surface area contributed by atoms with E-state index in [1.807, 2.05) is 12.4 Å². The lowest BCUT2D eigenvalue weighted by molar-refractivity contribution is 0.470. The zero-order chi connectivity index (χ0) is 9.64. The van der Waals surface area contributed by atoms with Gasteiger partial charge in [0.1, 0.15) is 0 Å². The van der Waals surface area contributed by atoms with Crippen LogP contribution in [-0.4, -0.2) is 18.1 Å². The van der Waals surface area contributed by atoms with Crippen LogP contribution in [0.2, 0.25) is 0 Å². The van der Waals surface area contributed by atoms with Crippen molar-refractivity contribution in [1.82, 2.24) is 10.3 Å². The molecule has 1 fully saturated rings. The second-order valence-corrected chi connectivity index (χ2v) is 4.11. The van der Waals surface area contributed by atoms with Gasteiger partial charge in [-0.15, -0.1) is 0 Å². The monoisotopic (exact) mass is 190 g/mol. The Morgan fingerprint density at radius 1 is 1.21 bits per heavy atom. The Bertz CT molecular complexity index is 250. The molecule has 2 heteroatoms. The predicted octanol–water partition coefficient (Wildman–Crippen LogP) is 2.01. The third kappa shape index (κ3) is 2.81. The van der Waals surface area contributed by atoms with Crippen LogP contribution < -0.4 is 5.32 Å². The summed E-state index contributed by atoms with van der Waals surface area (Å²) in [6.45, 7) is 2.39. The van der Waals surface area contributed by atoms with Crippen molar-refractivity contribution in [3.05, 3.63) is 30.1 Å². The summed E-state index contributed by atoms with van der Waals surface area (Å²) in [6.07, 6.45) is 9.03. The highest BCUT2D eigenvalue weighted by Crippen LogP contribution is 2.18. The highest BCUT2D eigenvalue weighted by molar-refractivity contribution is 5.10. The standard InChI is InChI=1S/C12H18N2/c1-2-11(3-7-13-6-1)10-12-4-8-14-9-5-12/h4-5,8-9,11,13H,1-3,6-7,10H2. The molecule has 1 saturated heterocycles. The zero-order valence-corrected chi connectivity index (χ0v) is 8.58. The van der Waals surface area contributed by atoms with Gasteiger partial charge in [0, 0.05) is 12.4 Å². The second kappa shape index (κ2) is 5.11. The summed E-state index contributed by atoms with van der Waals surface area (Å²) >= 11 is 0. The van der Waals surface area contributed by atoms with Crippen molar-refractivity contribution in [1.29, 1.82) is 0 Å². The molecule has 1 aliphatic heterocycles. The predicted molar refractivity (Wildman–Crippen MR) is 58.2 cm³/mol. The van der Waals surface area contributed by atoms with Crippen LogP contribution in [0.4, 0.5) is 0 Å². The maximum absolute atomic E-state index is 4.04. The molecule has 1 unspecified atom stereocenters. The van der Waals surface area contributed by atoms with Gasteiger partial charge in [0.05, 0.1) is 0 Å². The lowest BCUT2D eigenvalue weighted by Crippen LogP contribution is -2.14. The van der Waals surface area contributed by atoms with Crippen LogP contribution in [0.15, 0.2) is 24.5 Å². The molecule has 1 aromatic rings. The molecule has 2 heterocycles. The Morgan fingerprint density at radius 3 is 2.93 bits per heavy atom. The SMILES string of the molecule is c1cc(CC2CCCNCC2)ccn1. The van der Waals surface area contributed by atoms with Crippen LogP contribution in [0.25, 0.3) is 0 Å². The first kappa shape index (κ1) is 9.66. The molecule has 0 spiro atoms. The molecule has 0 aliphatic carbocycles. The molecule has 2 rings (SSSR count). The number of aromatic nitrogens is 1. The molecule has 1 aromatic heterocycles. The van der Waals surface area contributed by atoms with Gasteiger partial charge in [0.25, 0.3) is 0 Å². The molecular weight excluding hydrogens is 172 g/mol. The largest absolute Gasteiger partial charge is 0.317 e. The van der Waals surface area contributed by atoms with Crippen LogP contribution in [0.1, 0.15) is 24.8 Å². The van der Waals surface area contributed by atoms with Crippen molar-refractivity contribution < 1.29 is 0 Å². The lowest BCUT2D eigenvalue weighted by atomic mass is 9.93. The van der Waals surface area contributed by atoms with Gasteiger partial charge in [-0.3, -0.25) is 4.98 Å². The summed E-state index contributed by atoms with van der Waals surface area (Å²) in [5, 5.41) is 3.45. The molecule has 0 radical (unpaired) electrons. The summed E-state index contributed by atoms with van der Waals surface area (Å²) in [4.78, 5) is 4.04. The molecule has 76 valence electrons. The van der Waals surface area contributed by atoms with Crippen LogP contribution in [0, 0.1) is 5.92 Å². The van der Waals surface area contributed by atoms with E-state index in [1.165, 1.54) is 44.3 Å². The van der Waals surface area contributed by atoms with Crippen LogP contribution in [0.5, 0.6) is 0 Å². The molecule has 1 N–H and O–H groups in total. The van der Waals surface area contributed by atoms with Gasteiger partial charge in [-0.1, -0.05) is 0 Å². The van der Waals surface area contributed by atoms with Crippen LogP contribution in [0.3, 0.4) is 0 Å². The number of hydrogen-bond acceptors (Lipinski definition) is 2. The van der Waals surface area contributed by atoms with Crippen molar-refractivity contribution in [2.75, 3.05) is 13.1 Å². The van der Waals surface area contributed by atoms with E-state index in [1.54, 1.807) is 0 Å². The molecule has 0 saturated carbocycles. The van der Waals surface area contributed by atoms with E-state index in [0.29, 0.717) is 0 Å². The van der Waals surface area contributed by atoms with Gasteiger partial charge in [-0.2, -0.15) is 0 Å². The van der Waals surface area contributed by atoms with E-state index in [2.05, 4.69) is 22.4 Å². The summed E-state index contributed by atoms with van der Waals surface area (Å²) in [5.41, 5.74) is 1.44. The van der Waals surface area contributed by atoms with Gasteiger partial charge in [0.2, 0.25) is 0 Å². The van der Waals surface area contributed by atoms with Crippen molar-refractivity contribution in [2.24, 2.45) is 5.92 Å². The van der Waals surface area contributed by atoms with Gasteiger partial charge < -0.3 is 5.32 Å². The maximum atomic E-state index is 4.04. The Morgan fingerprint density at radius 2 is 2.07 bits per heavy atom. The number of hydrogen-bond donors (Lipinski definition) is 1. The molecule has 1 atom stereocenters. The lowest BCUT2D eigenvalue weighted by Gasteiger charge is -2.12. The molecule has 0 bridgehead atoms. The first-order chi connectivity index (χ1) is 6.95. The molecule has 0 aromatic carbocycles. The Hall–Kier alpha value is -0.890. The second-order valence-electron chi connectivity index (χ2n) is 4.11. The average molecular weight is 190 g/mol. The van der Waals surface area contributed by atoms with E-state index in [-0.39, 0.29) is 0 Å². The minimum Gasteiger partial charge on any atom is -0.317 e. The number of pyridine rings is 1. The number of nitrogens with one attached hydrogen (secondary N) is 1. The first-order valence-corrected chi connectivity index (χ1v) is 5.55. The van der Waals surface area contributed by atoms with Gasteiger partial charge in [0.15, 0.2) is 0 Å². The fourth-order valence-corrected chi connectivity index (χ4v) is 2.15. The molecule has 0 amide bonds. The first-order valence-electron chi connectivity index (χ1n) is 5.55. The van der Waals surface area contributed by atoms with Gasteiger partial charge in [-0.25, -0.2) is 0 Å². The Labute approximate surface area is 85.7 Å². The van der Waals surface area contributed by atoms with E-state index in [9.17, 15) is 0 Å². The maximum Gasteiger partial charge on any atom is 0.0270 e. The highest BCUT2D eigenvalue weighted by atomic mass is 14.8. The van der Waals surface area contributed by atoms with E-state index in [4.69, 9.17) is 0 Å². The van der Waals surface area contributed by atoms with Crippen molar-refractivity contribution in [2.45, 2.75) is 25.7 Å². The van der Waals surface area contributed by atoms with E-state index in [0.717, 1.165) is 5.92 Å².